The molecule has 0 aliphatic carbocycles. The topological polar surface area (TPSA) is 79.3 Å². The molecular weight excluding hydrogens is 360 g/mol. The van der Waals surface area contributed by atoms with E-state index < -0.39 is 11.9 Å². The van der Waals surface area contributed by atoms with Gasteiger partial charge in [0, 0.05) is 0 Å². The number of carbonyl (C=O) groups is 2. The molecule has 108 valence electrons. The standard InChI is InChI=1S/C14H10BrClN2O3/c1-7-8(14(20)21)5-6-11(17-7)13(19)18-10-4-2-3-9(16)12(10)15/h2-6H,1H3,(H,18,19)(H,20,21). The second kappa shape index (κ2) is 6.24. The number of halogens is 2. The van der Waals surface area contributed by atoms with E-state index >= 15 is 0 Å². The first-order chi connectivity index (χ1) is 9.90. The first kappa shape index (κ1) is 15.5. The molecule has 2 aromatic rings. The van der Waals surface area contributed by atoms with Crippen LogP contribution in [0, 0.1) is 6.92 Å². The normalized spacial score (nSPS) is 10.2. The number of carboxylic acids is 1. The van der Waals surface area contributed by atoms with Crippen LogP contribution in [0.5, 0.6) is 0 Å². The molecule has 0 radical (unpaired) electrons. The Kier molecular flexibility index (Phi) is 4.59. The summed E-state index contributed by atoms with van der Waals surface area (Å²) in [4.78, 5) is 27.0. The maximum Gasteiger partial charge on any atom is 0.337 e. The Morgan fingerprint density at radius 1 is 1.29 bits per heavy atom. The molecule has 0 saturated heterocycles. The second-order valence-corrected chi connectivity index (χ2v) is 5.39. The minimum atomic E-state index is -1.08. The highest BCUT2D eigenvalue weighted by atomic mass is 79.9. The summed E-state index contributed by atoms with van der Waals surface area (Å²) in [7, 11) is 0. The van der Waals surface area contributed by atoms with E-state index in [0.717, 1.165) is 0 Å². The number of nitrogens with zero attached hydrogens (tertiary/aromatic N) is 1. The van der Waals surface area contributed by atoms with Gasteiger partial charge in [0.1, 0.15) is 5.69 Å². The minimum absolute atomic E-state index is 0.0653. The number of hydrogen-bond donors (Lipinski definition) is 2. The maximum absolute atomic E-state index is 12.1. The third kappa shape index (κ3) is 3.40. The lowest BCUT2D eigenvalue weighted by atomic mass is 10.2. The first-order valence-electron chi connectivity index (χ1n) is 5.86. The van der Waals surface area contributed by atoms with E-state index in [4.69, 9.17) is 16.7 Å². The lowest BCUT2D eigenvalue weighted by Gasteiger charge is -2.09. The van der Waals surface area contributed by atoms with Crippen LogP contribution in [0.3, 0.4) is 0 Å². The zero-order chi connectivity index (χ0) is 15.6. The van der Waals surface area contributed by atoms with Crippen LogP contribution < -0.4 is 5.32 Å². The van der Waals surface area contributed by atoms with Gasteiger partial charge in [-0.25, -0.2) is 9.78 Å². The van der Waals surface area contributed by atoms with Crippen LogP contribution >= 0.6 is 27.5 Å². The van der Waals surface area contributed by atoms with Gasteiger partial charge in [0.05, 0.1) is 26.4 Å². The number of carboxylic acid groups (broad SMARTS) is 1. The van der Waals surface area contributed by atoms with Crippen molar-refractivity contribution in [2.24, 2.45) is 0 Å². The number of aryl methyl sites for hydroxylation is 1. The number of aromatic nitrogens is 1. The zero-order valence-corrected chi connectivity index (χ0v) is 13.2. The molecule has 0 saturated carbocycles. The molecule has 2 rings (SSSR count). The van der Waals surface area contributed by atoms with E-state index in [1.165, 1.54) is 19.1 Å². The zero-order valence-electron chi connectivity index (χ0n) is 10.9. The smallest absolute Gasteiger partial charge is 0.337 e. The lowest BCUT2D eigenvalue weighted by molar-refractivity contribution is 0.0695. The predicted molar refractivity (Wildman–Crippen MR) is 83.0 cm³/mol. The Hall–Kier alpha value is -1.92. The van der Waals surface area contributed by atoms with Crippen molar-refractivity contribution in [1.29, 1.82) is 0 Å². The largest absolute Gasteiger partial charge is 0.478 e. The second-order valence-electron chi connectivity index (χ2n) is 4.19. The molecule has 1 aromatic carbocycles. The monoisotopic (exact) mass is 368 g/mol. The molecular formula is C14H10BrClN2O3. The molecule has 1 amide bonds. The number of hydrogen-bond acceptors (Lipinski definition) is 3. The molecule has 1 heterocycles. The van der Waals surface area contributed by atoms with Crippen LogP contribution in [-0.4, -0.2) is 22.0 Å². The summed E-state index contributed by atoms with van der Waals surface area (Å²) >= 11 is 9.23. The van der Waals surface area contributed by atoms with Gasteiger partial charge in [-0.2, -0.15) is 0 Å². The van der Waals surface area contributed by atoms with Crippen molar-refractivity contribution in [2.75, 3.05) is 5.32 Å². The summed E-state index contributed by atoms with van der Waals surface area (Å²) in [6.07, 6.45) is 0. The summed E-state index contributed by atoms with van der Waals surface area (Å²) < 4.78 is 0.568. The molecule has 2 N–H and O–H groups in total. The first-order valence-corrected chi connectivity index (χ1v) is 7.03. The molecule has 1 aromatic heterocycles. The van der Waals surface area contributed by atoms with Gasteiger partial charge in [-0.3, -0.25) is 4.79 Å². The van der Waals surface area contributed by atoms with Crippen LogP contribution in [0.1, 0.15) is 26.5 Å². The van der Waals surface area contributed by atoms with Crippen LogP contribution in [0.2, 0.25) is 5.02 Å². The number of carbonyl (C=O) groups excluding carboxylic acids is 1. The van der Waals surface area contributed by atoms with Crippen LogP contribution in [-0.2, 0) is 0 Å². The van der Waals surface area contributed by atoms with E-state index in [0.29, 0.717) is 15.2 Å². The molecule has 5 nitrogen and oxygen atoms in total. The quantitative estimate of drug-likeness (QED) is 0.863. The molecule has 0 aliphatic heterocycles. The number of amides is 1. The summed E-state index contributed by atoms with van der Waals surface area (Å²) in [5.41, 5.74) is 0.981. The Morgan fingerprint density at radius 2 is 2.00 bits per heavy atom. The van der Waals surface area contributed by atoms with E-state index in [1.54, 1.807) is 18.2 Å². The third-order valence-corrected chi connectivity index (χ3v) is 4.15. The van der Waals surface area contributed by atoms with E-state index in [2.05, 4.69) is 26.2 Å². The third-order valence-electron chi connectivity index (χ3n) is 2.75. The number of nitrogens with one attached hydrogen (secondary N) is 1. The molecule has 0 unspecified atom stereocenters. The van der Waals surface area contributed by atoms with Crippen molar-refractivity contribution >= 4 is 45.1 Å². The lowest BCUT2D eigenvalue weighted by Crippen LogP contribution is -2.15. The average molecular weight is 370 g/mol. The minimum Gasteiger partial charge on any atom is -0.478 e. The van der Waals surface area contributed by atoms with E-state index in [9.17, 15) is 9.59 Å². The van der Waals surface area contributed by atoms with Gasteiger partial charge in [-0.15, -0.1) is 0 Å². The number of pyridine rings is 1. The van der Waals surface area contributed by atoms with Crippen molar-refractivity contribution in [1.82, 2.24) is 4.98 Å². The fraction of sp³-hybridized carbons (Fsp3) is 0.0714. The highest BCUT2D eigenvalue weighted by molar-refractivity contribution is 9.10. The van der Waals surface area contributed by atoms with Crippen molar-refractivity contribution in [3.8, 4) is 0 Å². The summed E-state index contributed by atoms with van der Waals surface area (Å²) in [6.45, 7) is 1.54. The van der Waals surface area contributed by atoms with Gasteiger partial charge in [0.2, 0.25) is 0 Å². The van der Waals surface area contributed by atoms with E-state index in [1.807, 2.05) is 0 Å². The van der Waals surface area contributed by atoms with Crippen molar-refractivity contribution in [3.63, 3.8) is 0 Å². The van der Waals surface area contributed by atoms with Gasteiger partial charge in [0.15, 0.2) is 0 Å². The summed E-state index contributed by atoms with van der Waals surface area (Å²) in [5.74, 6) is -1.53. The van der Waals surface area contributed by atoms with Gasteiger partial charge in [0.25, 0.3) is 5.91 Å². The number of aromatic carboxylic acids is 1. The number of anilines is 1. The van der Waals surface area contributed by atoms with Crippen molar-refractivity contribution in [3.05, 3.63) is 56.8 Å². The number of benzene rings is 1. The van der Waals surface area contributed by atoms with E-state index in [-0.39, 0.29) is 17.0 Å². The van der Waals surface area contributed by atoms with Crippen LogP contribution in [0.25, 0.3) is 0 Å². The predicted octanol–water partition coefficient (Wildman–Crippen LogP) is 3.76. The Bertz CT molecular complexity index is 734. The van der Waals surface area contributed by atoms with Crippen molar-refractivity contribution in [2.45, 2.75) is 6.92 Å². The molecule has 0 spiro atoms. The average Bonchev–Trinajstić information content (AvgIpc) is 2.43. The molecule has 0 aliphatic rings. The fourth-order valence-corrected chi connectivity index (χ4v) is 2.24. The van der Waals surface area contributed by atoms with Gasteiger partial charge < -0.3 is 10.4 Å². The summed E-state index contributed by atoms with van der Waals surface area (Å²) in [5, 5.41) is 12.1. The van der Waals surface area contributed by atoms with Crippen LogP contribution in [0.15, 0.2) is 34.8 Å². The molecule has 21 heavy (non-hydrogen) atoms. The Labute approximate surface area is 134 Å². The molecule has 0 fully saturated rings. The maximum atomic E-state index is 12.1. The molecule has 0 bridgehead atoms. The Balaban J connectivity index is 2.27. The number of rotatable bonds is 3. The SMILES string of the molecule is Cc1nc(C(=O)Nc2cccc(Cl)c2Br)ccc1C(=O)O. The molecule has 7 heteroatoms. The van der Waals surface area contributed by atoms with Crippen LogP contribution in [0.4, 0.5) is 5.69 Å². The van der Waals surface area contributed by atoms with Crippen molar-refractivity contribution < 1.29 is 14.7 Å². The fourth-order valence-electron chi connectivity index (χ4n) is 1.70. The molecule has 0 atom stereocenters. The van der Waals surface area contributed by atoms with Gasteiger partial charge in [-0.05, 0) is 47.1 Å². The van der Waals surface area contributed by atoms with Gasteiger partial charge in [-0.1, -0.05) is 17.7 Å². The highest BCUT2D eigenvalue weighted by Gasteiger charge is 2.14. The summed E-state index contributed by atoms with van der Waals surface area (Å²) in [6, 6.07) is 7.80. The highest BCUT2D eigenvalue weighted by Crippen LogP contribution is 2.30. The van der Waals surface area contributed by atoms with Gasteiger partial charge >= 0.3 is 5.97 Å². The Morgan fingerprint density at radius 3 is 2.62 bits per heavy atom.